The average Bonchev–Trinajstić information content (AvgIpc) is 3.15. The summed E-state index contributed by atoms with van der Waals surface area (Å²) in [5, 5.41) is 4.92. The highest BCUT2D eigenvalue weighted by molar-refractivity contribution is 6.22. The van der Waals surface area contributed by atoms with Crippen molar-refractivity contribution in [1.29, 1.82) is 0 Å². The first-order valence-corrected chi connectivity index (χ1v) is 11.5. The van der Waals surface area contributed by atoms with Gasteiger partial charge in [0.1, 0.15) is 18.4 Å². The Morgan fingerprint density at radius 2 is 1.40 bits per heavy atom. The van der Waals surface area contributed by atoms with E-state index in [0.717, 1.165) is 27.0 Å². The third-order valence-corrected chi connectivity index (χ3v) is 6.12. The number of ether oxygens (including phenoxy) is 1. The number of fused-ring (bicyclic) bond motifs is 2. The van der Waals surface area contributed by atoms with Crippen molar-refractivity contribution in [2.75, 3.05) is 13.2 Å². The van der Waals surface area contributed by atoms with Crippen LogP contribution in [0.15, 0.2) is 97.1 Å². The molecule has 1 atom stereocenters. The van der Waals surface area contributed by atoms with Crippen molar-refractivity contribution in [2.45, 2.75) is 12.5 Å². The number of amides is 3. The predicted octanol–water partition coefficient (Wildman–Crippen LogP) is 4.24. The smallest absolute Gasteiger partial charge is 0.262 e. The molecule has 0 spiro atoms. The van der Waals surface area contributed by atoms with E-state index in [4.69, 9.17) is 4.74 Å². The molecule has 0 aromatic heterocycles. The number of hydrogen-bond acceptors (Lipinski definition) is 4. The van der Waals surface area contributed by atoms with E-state index >= 15 is 0 Å². The number of nitrogens with one attached hydrogen (secondary N) is 1. The van der Waals surface area contributed by atoms with Crippen LogP contribution in [0.1, 0.15) is 26.3 Å². The van der Waals surface area contributed by atoms with Gasteiger partial charge >= 0.3 is 0 Å². The highest BCUT2D eigenvalue weighted by atomic mass is 16.5. The number of carbonyl (C=O) groups is 3. The van der Waals surface area contributed by atoms with E-state index in [-0.39, 0.29) is 19.6 Å². The minimum absolute atomic E-state index is 0.225. The van der Waals surface area contributed by atoms with Crippen LogP contribution in [0.5, 0.6) is 5.75 Å². The van der Waals surface area contributed by atoms with Crippen LogP contribution >= 0.6 is 0 Å². The minimum atomic E-state index is -0.970. The maximum atomic E-state index is 13.3. The molecular formula is C29H24N2O4. The Balaban J connectivity index is 1.30. The number of nitrogens with zero attached hydrogens (tertiary/aromatic N) is 1. The molecule has 174 valence electrons. The van der Waals surface area contributed by atoms with Crippen LogP contribution in [0, 0.1) is 0 Å². The molecule has 0 saturated carbocycles. The van der Waals surface area contributed by atoms with E-state index in [9.17, 15) is 14.4 Å². The lowest BCUT2D eigenvalue weighted by atomic mass is 10.0. The van der Waals surface area contributed by atoms with Gasteiger partial charge in [-0.15, -0.1) is 0 Å². The maximum Gasteiger partial charge on any atom is 0.262 e. The lowest BCUT2D eigenvalue weighted by Crippen LogP contribution is -2.51. The van der Waals surface area contributed by atoms with Crippen LogP contribution in [0.2, 0.25) is 0 Å². The summed E-state index contributed by atoms with van der Waals surface area (Å²) >= 11 is 0. The SMILES string of the molecule is O=C(NCCOc1cccc2ccccc12)C(Cc1ccccc1)N1C(=O)c2ccccc2C1=O. The summed E-state index contributed by atoms with van der Waals surface area (Å²) in [6.07, 6.45) is 0.225. The summed E-state index contributed by atoms with van der Waals surface area (Å²) in [7, 11) is 0. The number of rotatable bonds is 8. The zero-order chi connectivity index (χ0) is 24.2. The van der Waals surface area contributed by atoms with E-state index in [2.05, 4.69) is 5.32 Å². The van der Waals surface area contributed by atoms with Gasteiger partial charge in [0.05, 0.1) is 17.7 Å². The summed E-state index contributed by atoms with van der Waals surface area (Å²) in [5.74, 6) is -0.564. The molecule has 0 saturated heterocycles. The monoisotopic (exact) mass is 464 g/mol. The van der Waals surface area contributed by atoms with Crippen LogP contribution < -0.4 is 10.1 Å². The normalized spacial score (nSPS) is 13.5. The van der Waals surface area contributed by atoms with Crippen LogP contribution in [-0.4, -0.2) is 41.8 Å². The summed E-state index contributed by atoms with van der Waals surface area (Å²) in [4.78, 5) is 40.5. The molecular weight excluding hydrogens is 440 g/mol. The van der Waals surface area contributed by atoms with E-state index in [1.54, 1.807) is 24.3 Å². The molecule has 4 aromatic rings. The average molecular weight is 465 g/mol. The van der Waals surface area contributed by atoms with Gasteiger partial charge in [0.15, 0.2) is 0 Å². The van der Waals surface area contributed by atoms with Gasteiger partial charge in [0.25, 0.3) is 11.8 Å². The van der Waals surface area contributed by atoms with E-state index in [1.165, 1.54) is 0 Å². The van der Waals surface area contributed by atoms with E-state index < -0.39 is 23.8 Å². The first-order chi connectivity index (χ1) is 17.1. The highest BCUT2D eigenvalue weighted by Gasteiger charge is 2.42. The summed E-state index contributed by atoms with van der Waals surface area (Å²) in [6, 6.07) is 28.8. The maximum absolute atomic E-state index is 13.3. The molecule has 5 rings (SSSR count). The Kier molecular flexibility index (Phi) is 6.26. The largest absolute Gasteiger partial charge is 0.491 e. The van der Waals surface area contributed by atoms with Crippen molar-refractivity contribution in [3.8, 4) is 5.75 Å². The molecule has 6 heteroatoms. The van der Waals surface area contributed by atoms with Crippen molar-refractivity contribution in [3.05, 3.63) is 114 Å². The van der Waals surface area contributed by atoms with Crippen molar-refractivity contribution < 1.29 is 19.1 Å². The van der Waals surface area contributed by atoms with E-state index in [0.29, 0.717) is 11.1 Å². The third kappa shape index (κ3) is 4.51. The first-order valence-electron chi connectivity index (χ1n) is 11.5. The standard InChI is InChI=1S/C29H24N2O4/c32-27(30-17-18-35-26-16-8-12-21-11-4-5-13-22(21)26)25(19-20-9-2-1-3-10-20)31-28(33)23-14-6-7-15-24(23)29(31)34/h1-16,25H,17-19H2,(H,30,32). The molecule has 3 amide bonds. The van der Waals surface area contributed by atoms with E-state index in [1.807, 2.05) is 72.8 Å². The van der Waals surface area contributed by atoms with Crippen LogP contribution in [0.3, 0.4) is 0 Å². The zero-order valence-electron chi connectivity index (χ0n) is 19.0. The molecule has 1 heterocycles. The molecule has 1 N–H and O–H groups in total. The topological polar surface area (TPSA) is 75.7 Å². The lowest BCUT2D eigenvalue weighted by molar-refractivity contribution is -0.125. The van der Waals surface area contributed by atoms with Gasteiger partial charge in [-0.05, 0) is 29.1 Å². The fraction of sp³-hybridized carbons (Fsp3) is 0.138. The van der Waals surface area contributed by atoms with Gasteiger partial charge in [-0.2, -0.15) is 0 Å². The lowest BCUT2D eigenvalue weighted by Gasteiger charge is -2.25. The molecule has 6 nitrogen and oxygen atoms in total. The number of benzene rings is 4. The minimum Gasteiger partial charge on any atom is -0.491 e. The van der Waals surface area contributed by atoms with Crippen molar-refractivity contribution in [2.24, 2.45) is 0 Å². The number of imide groups is 1. The number of carbonyl (C=O) groups excluding carboxylic acids is 3. The second kappa shape index (κ2) is 9.81. The quantitative estimate of drug-likeness (QED) is 0.313. The molecule has 35 heavy (non-hydrogen) atoms. The third-order valence-electron chi connectivity index (χ3n) is 6.12. The van der Waals surface area contributed by atoms with Crippen molar-refractivity contribution >= 4 is 28.5 Å². The molecule has 0 bridgehead atoms. The first kappa shape index (κ1) is 22.3. The van der Waals surface area contributed by atoms with Crippen LogP contribution in [0.4, 0.5) is 0 Å². The Labute approximate surface area is 203 Å². The van der Waals surface area contributed by atoms with Gasteiger partial charge in [-0.1, -0.05) is 78.9 Å². The molecule has 4 aromatic carbocycles. The van der Waals surface area contributed by atoms with Gasteiger partial charge in [0.2, 0.25) is 5.91 Å². The molecule has 0 fully saturated rings. The van der Waals surface area contributed by atoms with Crippen LogP contribution in [-0.2, 0) is 11.2 Å². The highest BCUT2D eigenvalue weighted by Crippen LogP contribution is 2.27. The summed E-state index contributed by atoms with van der Waals surface area (Å²) in [6.45, 7) is 0.483. The summed E-state index contributed by atoms with van der Waals surface area (Å²) < 4.78 is 5.92. The molecule has 1 aliphatic heterocycles. The van der Waals surface area contributed by atoms with Gasteiger partial charge in [-0.3, -0.25) is 19.3 Å². The Bertz CT molecular complexity index is 1360. The molecule has 0 radical (unpaired) electrons. The Morgan fingerprint density at radius 3 is 2.14 bits per heavy atom. The summed E-state index contributed by atoms with van der Waals surface area (Å²) in [5.41, 5.74) is 1.50. The Morgan fingerprint density at radius 1 is 0.771 bits per heavy atom. The molecule has 1 unspecified atom stereocenters. The van der Waals surface area contributed by atoms with Gasteiger partial charge < -0.3 is 10.1 Å². The Hall–Kier alpha value is -4.45. The molecule has 1 aliphatic rings. The van der Waals surface area contributed by atoms with Crippen molar-refractivity contribution in [3.63, 3.8) is 0 Å². The van der Waals surface area contributed by atoms with Gasteiger partial charge in [-0.25, -0.2) is 0 Å². The van der Waals surface area contributed by atoms with Crippen molar-refractivity contribution in [1.82, 2.24) is 10.2 Å². The fourth-order valence-corrected chi connectivity index (χ4v) is 4.40. The second-order valence-corrected chi connectivity index (χ2v) is 8.35. The number of hydrogen-bond donors (Lipinski definition) is 1. The fourth-order valence-electron chi connectivity index (χ4n) is 4.40. The van der Waals surface area contributed by atoms with Crippen LogP contribution in [0.25, 0.3) is 10.8 Å². The van der Waals surface area contributed by atoms with Gasteiger partial charge in [0, 0.05) is 11.8 Å². The zero-order valence-corrected chi connectivity index (χ0v) is 19.0. The predicted molar refractivity (Wildman–Crippen MR) is 133 cm³/mol. The second-order valence-electron chi connectivity index (χ2n) is 8.35. The molecule has 0 aliphatic carbocycles.